The van der Waals surface area contributed by atoms with Gasteiger partial charge < -0.3 is 0 Å². The summed E-state index contributed by atoms with van der Waals surface area (Å²) >= 11 is 5.80. The zero-order valence-corrected chi connectivity index (χ0v) is 16.1. The molecule has 0 N–H and O–H groups in total. The Morgan fingerprint density at radius 2 is 1.66 bits per heavy atom. The quantitative estimate of drug-likeness (QED) is 0.422. The average molecular weight is 437 g/mol. The first-order chi connectivity index (χ1) is 13.2. The van der Waals surface area contributed by atoms with Gasteiger partial charge in [0, 0.05) is 10.6 Å². The highest BCUT2D eigenvalue weighted by molar-refractivity contribution is 6.30. The summed E-state index contributed by atoms with van der Waals surface area (Å²) in [5.41, 5.74) is -1.83. The number of aryl methyl sites for hydroxylation is 1. The number of alkyl halides is 6. The number of halogens is 8. The zero-order valence-electron chi connectivity index (χ0n) is 15.3. The van der Waals surface area contributed by atoms with Crippen molar-refractivity contribution in [3.05, 3.63) is 81.9 Å². The summed E-state index contributed by atoms with van der Waals surface area (Å²) in [7, 11) is 0. The van der Waals surface area contributed by atoms with Gasteiger partial charge in [-0.05, 0) is 54.8 Å². The van der Waals surface area contributed by atoms with Crippen molar-refractivity contribution in [2.75, 3.05) is 0 Å². The Kier molecular flexibility index (Phi) is 6.52. The molecule has 0 aliphatic rings. The number of allylic oxidation sites excluding steroid dienone is 2. The molecule has 0 radical (unpaired) electrons. The van der Waals surface area contributed by atoms with Crippen LogP contribution in [0.4, 0.5) is 30.7 Å². The Labute approximate surface area is 168 Å². The van der Waals surface area contributed by atoms with Crippen molar-refractivity contribution in [2.24, 2.45) is 0 Å². The van der Waals surface area contributed by atoms with E-state index in [1.165, 1.54) is 26.0 Å². The molecule has 8 heteroatoms. The van der Waals surface area contributed by atoms with Gasteiger partial charge >= 0.3 is 12.4 Å². The molecule has 156 valence electrons. The summed E-state index contributed by atoms with van der Waals surface area (Å²) in [6, 6.07) is 6.12. The number of benzene rings is 2. The van der Waals surface area contributed by atoms with Gasteiger partial charge in [0.05, 0.1) is 5.56 Å². The maximum atomic E-state index is 14.6. The van der Waals surface area contributed by atoms with Crippen LogP contribution in [0.5, 0.6) is 0 Å². The molecule has 2 aromatic carbocycles. The summed E-state index contributed by atoms with van der Waals surface area (Å²) in [5, 5.41) is 0.0354. The Hall–Kier alpha value is -2.28. The molecule has 1 atom stereocenters. The molecule has 0 spiro atoms. The topological polar surface area (TPSA) is 0 Å². The molecule has 0 saturated carbocycles. The highest BCUT2D eigenvalue weighted by atomic mass is 35.5. The second-order valence-corrected chi connectivity index (χ2v) is 7.07. The lowest BCUT2D eigenvalue weighted by atomic mass is 9.94. The van der Waals surface area contributed by atoms with Crippen molar-refractivity contribution in [3.8, 4) is 0 Å². The molecule has 0 bridgehead atoms. The van der Waals surface area contributed by atoms with Crippen LogP contribution in [0.2, 0.25) is 5.02 Å². The van der Waals surface area contributed by atoms with E-state index in [0.29, 0.717) is 11.6 Å². The Bertz CT molecular complexity index is 932. The third-order valence-corrected chi connectivity index (χ3v) is 4.37. The number of rotatable bonds is 4. The van der Waals surface area contributed by atoms with Gasteiger partial charge in [-0.1, -0.05) is 42.0 Å². The van der Waals surface area contributed by atoms with Gasteiger partial charge in [0.1, 0.15) is 11.7 Å². The van der Waals surface area contributed by atoms with Crippen molar-refractivity contribution in [2.45, 2.75) is 32.1 Å². The Balaban J connectivity index is 2.60. The molecule has 29 heavy (non-hydrogen) atoms. The van der Waals surface area contributed by atoms with Crippen LogP contribution in [0.15, 0.2) is 49.1 Å². The second-order valence-electron chi connectivity index (χ2n) is 6.63. The molecule has 2 rings (SSSR count). The van der Waals surface area contributed by atoms with Gasteiger partial charge in [-0.25, -0.2) is 4.39 Å². The van der Waals surface area contributed by atoms with E-state index in [0.717, 1.165) is 18.2 Å². The van der Waals surface area contributed by atoms with Crippen molar-refractivity contribution >= 4 is 23.0 Å². The Morgan fingerprint density at radius 1 is 1.03 bits per heavy atom. The molecule has 0 heterocycles. The standard InChI is InChI=1S/C21H16ClF7/c1-11(2)16-5-4-13(9-18(16)21(27,28)29)19(23)10-17(20(24,25)26)14-6-12(3)7-15(22)8-14/h4-10,17H,1H2,2-3H3/b19-10-. The maximum Gasteiger partial charge on any atom is 0.417 e. The van der Waals surface area contributed by atoms with Gasteiger partial charge in [0.15, 0.2) is 0 Å². The van der Waals surface area contributed by atoms with Crippen molar-refractivity contribution in [1.29, 1.82) is 0 Å². The van der Waals surface area contributed by atoms with Gasteiger partial charge in [0.2, 0.25) is 0 Å². The molecule has 0 aliphatic heterocycles. The maximum absolute atomic E-state index is 14.6. The van der Waals surface area contributed by atoms with Gasteiger partial charge in [0.25, 0.3) is 0 Å². The van der Waals surface area contributed by atoms with E-state index < -0.39 is 35.2 Å². The second kappa shape index (κ2) is 8.22. The summed E-state index contributed by atoms with van der Waals surface area (Å²) in [6.07, 6.45) is -9.45. The van der Waals surface area contributed by atoms with Gasteiger partial charge in [-0.15, -0.1) is 0 Å². The van der Waals surface area contributed by atoms with E-state index in [1.807, 2.05) is 0 Å². The Morgan fingerprint density at radius 3 is 2.14 bits per heavy atom. The number of hydrogen-bond acceptors (Lipinski definition) is 0. The molecule has 0 amide bonds. The fraction of sp³-hybridized carbons (Fsp3) is 0.238. The first-order valence-electron chi connectivity index (χ1n) is 8.28. The number of hydrogen-bond donors (Lipinski definition) is 0. The summed E-state index contributed by atoms with van der Waals surface area (Å²) in [5.74, 6) is -3.81. The molecule has 1 unspecified atom stereocenters. The third-order valence-electron chi connectivity index (χ3n) is 4.15. The van der Waals surface area contributed by atoms with E-state index >= 15 is 0 Å². The van der Waals surface area contributed by atoms with E-state index in [2.05, 4.69) is 6.58 Å². The molecule has 0 nitrogen and oxygen atoms in total. The normalized spacial score (nSPS) is 14.1. The van der Waals surface area contributed by atoms with Crippen LogP contribution in [-0.4, -0.2) is 6.18 Å². The van der Waals surface area contributed by atoms with Crippen LogP contribution < -0.4 is 0 Å². The monoisotopic (exact) mass is 436 g/mol. The first-order valence-corrected chi connectivity index (χ1v) is 8.66. The van der Waals surface area contributed by atoms with Crippen molar-refractivity contribution in [3.63, 3.8) is 0 Å². The van der Waals surface area contributed by atoms with Crippen molar-refractivity contribution in [1.82, 2.24) is 0 Å². The van der Waals surface area contributed by atoms with Crippen LogP contribution in [-0.2, 0) is 6.18 Å². The summed E-state index contributed by atoms with van der Waals surface area (Å²) in [6.45, 7) is 6.31. The van der Waals surface area contributed by atoms with E-state index in [9.17, 15) is 30.7 Å². The van der Waals surface area contributed by atoms with Crippen LogP contribution in [0.3, 0.4) is 0 Å². The molecule has 0 aliphatic carbocycles. The van der Waals surface area contributed by atoms with E-state index in [4.69, 9.17) is 11.6 Å². The highest BCUT2D eigenvalue weighted by Crippen LogP contribution is 2.41. The van der Waals surface area contributed by atoms with Gasteiger partial charge in [-0.2, -0.15) is 26.3 Å². The minimum atomic E-state index is -4.88. The zero-order chi connectivity index (χ0) is 22.1. The third kappa shape index (κ3) is 5.63. The fourth-order valence-electron chi connectivity index (χ4n) is 2.87. The van der Waals surface area contributed by atoms with Crippen LogP contribution >= 0.6 is 11.6 Å². The van der Waals surface area contributed by atoms with E-state index in [-0.39, 0.29) is 27.8 Å². The van der Waals surface area contributed by atoms with Crippen LogP contribution in [0.25, 0.3) is 11.4 Å². The minimum Gasteiger partial charge on any atom is -0.207 e. The molecular formula is C21H16ClF7. The smallest absolute Gasteiger partial charge is 0.207 e. The predicted octanol–water partition coefficient (Wildman–Crippen LogP) is 8.36. The molecule has 0 fully saturated rings. The van der Waals surface area contributed by atoms with Crippen LogP contribution in [0, 0.1) is 6.92 Å². The van der Waals surface area contributed by atoms with E-state index in [1.54, 1.807) is 0 Å². The lowest BCUT2D eigenvalue weighted by Crippen LogP contribution is -2.19. The molecule has 2 aromatic rings. The minimum absolute atomic E-state index is 0.0354. The molecular weight excluding hydrogens is 421 g/mol. The average Bonchev–Trinajstić information content (AvgIpc) is 2.56. The fourth-order valence-corrected chi connectivity index (χ4v) is 3.16. The van der Waals surface area contributed by atoms with Crippen LogP contribution in [0.1, 0.15) is 40.7 Å². The SMILES string of the molecule is C=C(C)c1ccc(/C(F)=C/C(c2cc(C)cc(Cl)c2)C(F)(F)F)cc1C(F)(F)F. The molecule has 0 aromatic heterocycles. The highest BCUT2D eigenvalue weighted by Gasteiger charge is 2.40. The summed E-state index contributed by atoms with van der Waals surface area (Å²) < 4.78 is 95.1. The largest absolute Gasteiger partial charge is 0.417 e. The molecule has 0 saturated heterocycles. The summed E-state index contributed by atoms with van der Waals surface area (Å²) in [4.78, 5) is 0. The van der Waals surface area contributed by atoms with Gasteiger partial charge in [-0.3, -0.25) is 0 Å². The predicted molar refractivity (Wildman–Crippen MR) is 100 cm³/mol. The van der Waals surface area contributed by atoms with Crippen molar-refractivity contribution < 1.29 is 30.7 Å². The lowest BCUT2D eigenvalue weighted by Gasteiger charge is -2.19. The first kappa shape index (κ1) is 23.0. The lowest BCUT2D eigenvalue weighted by molar-refractivity contribution is -0.140.